The SMILES string of the molecule is CCC=C(C)C(=C\C=C(\C)CCC)/C(=N\C(C)=C(\C)[C@H](C)CC)C(C)=O. The van der Waals surface area contributed by atoms with Crippen LogP contribution in [0.5, 0.6) is 0 Å². The van der Waals surface area contributed by atoms with Crippen LogP contribution in [-0.2, 0) is 4.79 Å². The standard InChI is InChI=1S/C24H39NO/c1-10-13-17(4)15-16-23(19(6)14-11-2)24(22(9)26)25-21(8)20(7)18(5)12-3/h14-16,18H,10-13H2,1-9H3/b17-15-,19-14?,21-20-,23-16+,25-24-/t18-/m1/s1. The van der Waals surface area contributed by atoms with E-state index in [1.54, 1.807) is 6.92 Å². The van der Waals surface area contributed by atoms with Gasteiger partial charge in [-0.15, -0.1) is 0 Å². The number of hydrogen-bond acceptors (Lipinski definition) is 2. The summed E-state index contributed by atoms with van der Waals surface area (Å²) in [4.78, 5) is 17.2. The van der Waals surface area contributed by atoms with E-state index in [1.807, 2.05) is 6.92 Å². The van der Waals surface area contributed by atoms with Gasteiger partial charge in [0.25, 0.3) is 0 Å². The van der Waals surface area contributed by atoms with Gasteiger partial charge in [-0.05, 0) is 64.0 Å². The maximum atomic E-state index is 12.4. The zero-order chi connectivity index (χ0) is 20.3. The van der Waals surface area contributed by atoms with Gasteiger partial charge in [-0.1, -0.05) is 57.9 Å². The highest BCUT2D eigenvalue weighted by molar-refractivity contribution is 6.46. The number of Topliss-reactive ketones (excluding diaryl/α,β-unsaturated/α-hetero) is 1. The molecular formula is C24H39NO. The molecule has 0 rings (SSSR count). The smallest absolute Gasteiger partial charge is 0.178 e. The van der Waals surface area contributed by atoms with Crippen LogP contribution in [0.2, 0.25) is 0 Å². The summed E-state index contributed by atoms with van der Waals surface area (Å²) in [5, 5.41) is 0. The molecule has 0 fully saturated rings. The minimum absolute atomic E-state index is 0.0120. The molecule has 26 heavy (non-hydrogen) atoms. The Balaban J connectivity index is 6.32. The van der Waals surface area contributed by atoms with Crippen LogP contribution in [0.15, 0.2) is 51.2 Å². The highest BCUT2D eigenvalue weighted by Gasteiger charge is 2.15. The molecule has 0 N–H and O–H groups in total. The number of ketones is 1. The summed E-state index contributed by atoms with van der Waals surface area (Å²) in [6.07, 6.45) is 10.6. The van der Waals surface area contributed by atoms with Crippen LogP contribution in [0.3, 0.4) is 0 Å². The lowest BCUT2D eigenvalue weighted by Crippen LogP contribution is -2.15. The number of allylic oxidation sites excluding steroid dienone is 8. The summed E-state index contributed by atoms with van der Waals surface area (Å²) in [6, 6.07) is 0. The Morgan fingerprint density at radius 2 is 1.62 bits per heavy atom. The quantitative estimate of drug-likeness (QED) is 0.296. The molecule has 1 atom stereocenters. The minimum Gasteiger partial charge on any atom is -0.293 e. The predicted octanol–water partition coefficient (Wildman–Crippen LogP) is 7.39. The molecule has 0 aliphatic heterocycles. The molecule has 2 nitrogen and oxygen atoms in total. The molecule has 0 saturated heterocycles. The van der Waals surface area contributed by atoms with E-state index in [9.17, 15) is 4.79 Å². The number of carbonyl (C=O) groups is 1. The number of nitrogens with zero attached hydrogens (tertiary/aromatic N) is 1. The fourth-order valence-electron chi connectivity index (χ4n) is 2.76. The van der Waals surface area contributed by atoms with Gasteiger partial charge >= 0.3 is 0 Å². The summed E-state index contributed by atoms with van der Waals surface area (Å²) in [5.41, 5.74) is 6.13. The molecule has 0 heterocycles. The topological polar surface area (TPSA) is 29.4 Å². The van der Waals surface area contributed by atoms with E-state index in [1.165, 1.54) is 11.1 Å². The van der Waals surface area contributed by atoms with Gasteiger partial charge in [-0.3, -0.25) is 4.79 Å². The molecule has 0 unspecified atom stereocenters. The van der Waals surface area contributed by atoms with Gasteiger partial charge in [0.2, 0.25) is 0 Å². The average Bonchev–Trinajstić information content (AvgIpc) is 2.59. The highest BCUT2D eigenvalue weighted by Crippen LogP contribution is 2.21. The minimum atomic E-state index is 0.0120. The third-order valence-corrected chi connectivity index (χ3v) is 4.90. The number of carbonyl (C=O) groups excluding carboxylic acids is 1. The zero-order valence-electron chi connectivity index (χ0n) is 18.5. The summed E-state index contributed by atoms with van der Waals surface area (Å²) in [7, 11) is 0. The van der Waals surface area contributed by atoms with E-state index in [0.29, 0.717) is 11.6 Å². The van der Waals surface area contributed by atoms with Crippen LogP contribution in [0, 0.1) is 5.92 Å². The van der Waals surface area contributed by atoms with E-state index in [2.05, 4.69) is 66.7 Å². The van der Waals surface area contributed by atoms with Crippen LogP contribution in [0.4, 0.5) is 0 Å². The number of hydrogen-bond donors (Lipinski definition) is 0. The van der Waals surface area contributed by atoms with Gasteiger partial charge in [0, 0.05) is 18.2 Å². The molecule has 0 aliphatic carbocycles. The zero-order valence-corrected chi connectivity index (χ0v) is 18.5. The van der Waals surface area contributed by atoms with Crippen molar-refractivity contribution in [2.45, 2.75) is 88.0 Å². The monoisotopic (exact) mass is 357 g/mol. The van der Waals surface area contributed by atoms with Crippen molar-refractivity contribution in [3.8, 4) is 0 Å². The van der Waals surface area contributed by atoms with Crippen molar-refractivity contribution in [1.82, 2.24) is 0 Å². The first-order chi connectivity index (χ1) is 12.2. The lowest BCUT2D eigenvalue weighted by molar-refractivity contribution is -0.111. The van der Waals surface area contributed by atoms with Crippen LogP contribution in [-0.4, -0.2) is 11.5 Å². The normalized spacial score (nSPS) is 16.5. The van der Waals surface area contributed by atoms with Crippen molar-refractivity contribution < 1.29 is 4.79 Å². The number of rotatable bonds is 10. The molecule has 0 bridgehead atoms. The van der Waals surface area contributed by atoms with E-state index >= 15 is 0 Å². The van der Waals surface area contributed by atoms with Gasteiger partial charge in [0.15, 0.2) is 5.78 Å². The molecule has 0 amide bonds. The lowest BCUT2D eigenvalue weighted by Gasteiger charge is -2.14. The van der Waals surface area contributed by atoms with Gasteiger partial charge in [-0.2, -0.15) is 0 Å². The maximum absolute atomic E-state index is 12.4. The fourth-order valence-corrected chi connectivity index (χ4v) is 2.76. The van der Waals surface area contributed by atoms with E-state index in [4.69, 9.17) is 4.99 Å². The van der Waals surface area contributed by atoms with Crippen molar-refractivity contribution in [3.05, 3.63) is 46.2 Å². The van der Waals surface area contributed by atoms with Crippen molar-refractivity contribution >= 4 is 11.5 Å². The first-order valence-electron chi connectivity index (χ1n) is 10.0. The van der Waals surface area contributed by atoms with Gasteiger partial charge in [0.05, 0.1) is 0 Å². The van der Waals surface area contributed by atoms with Crippen molar-refractivity contribution in [2.75, 3.05) is 0 Å². The summed E-state index contributed by atoms with van der Waals surface area (Å²) >= 11 is 0. The summed E-state index contributed by atoms with van der Waals surface area (Å²) in [5.74, 6) is 0.483. The Labute approximate surface area is 161 Å². The largest absolute Gasteiger partial charge is 0.293 e. The molecule has 0 aromatic rings. The second-order valence-electron chi connectivity index (χ2n) is 7.23. The van der Waals surface area contributed by atoms with Crippen molar-refractivity contribution in [1.29, 1.82) is 0 Å². The van der Waals surface area contributed by atoms with Crippen LogP contribution < -0.4 is 0 Å². The molecule has 0 aromatic carbocycles. The molecular weight excluding hydrogens is 318 g/mol. The Bertz CT molecular complexity index is 627. The third kappa shape index (κ3) is 8.12. The van der Waals surface area contributed by atoms with E-state index in [-0.39, 0.29) is 5.78 Å². The molecule has 0 spiro atoms. The van der Waals surface area contributed by atoms with E-state index < -0.39 is 0 Å². The molecule has 2 heteroatoms. The Hall–Kier alpha value is -1.70. The van der Waals surface area contributed by atoms with Crippen molar-refractivity contribution in [2.24, 2.45) is 10.9 Å². The van der Waals surface area contributed by atoms with Crippen molar-refractivity contribution in [3.63, 3.8) is 0 Å². The van der Waals surface area contributed by atoms with E-state index in [0.717, 1.165) is 42.5 Å². The number of aliphatic imine (C=N–C) groups is 1. The van der Waals surface area contributed by atoms with Gasteiger partial charge in [0.1, 0.15) is 5.71 Å². The third-order valence-electron chi connectivity index (χ3n) is 4.90. The Morgan fingerprint density at radius 3 is 2.08 bits per heavy atom. The Morgan fingerprint density at radius 1 is 1.00 bits per heavy atom. The maximum Gasteiger partial charge on any atom is 0.178 e. The molecule has 0 aromatic heterocycles. The molecule has 0 aliphatic rings. The van der Waals surface area contributed by atoms with Gasteiger partial charge < -0.3 is 0 Å². The second kappa shape index (κ2) is 12.6. The van der Waals surface area contributed by atoms with Crippen LogP contribution in [0.1, 0.15) is 88.0 Å². The summed E-state index contributed by atoms with van der Waals surface area (Å²) in [6.45, 7) is 18.6. The first kappa shape index (κ1) is 24.3. The molecule has 0 radical (unpaired) electrons. The van der Waals surface area contributed by atoms with Crippen LogP contribution in [0.25, 0.3) is 0 Å². The first-order valence-corrected chi connectivity index (χ1v) is 10.0. The molecule has 146 valence electrons. The Kier molecular flexibility index (Phi) is 11.8. The fraction of sp³-hybridized carbons (Fsp3) is 0.583. The summed E-state index contributed by atoms with van der Waals surface area (Å²) < 4.78 is 0. The second-order valence-corrected chi connectivity index (χ2v) is 7.23. The molecule has 0 saturated carbocycles. The predicted molar refractivity (Wildman–Crippen MR) is 117 cm³/mol. The lowest BCUT2D eigenvalue weighted by atomic mass is 9.96. The van der Waals surface area contributed by atoms with Crippen LogP contribution >= 0.6 is 0 Å². The van der Waals surface area contributed by atoms with Gasteiger partial charge in [-0.25, -0.2) is 4.99 Å². The highest BCUT2D eigenvalue weighted by atomic mass is 16.1. The average molecular weight is 358 g/mol.